The standard InChI is InChI=1S/C22H25NO3/c1-17-7-5-6-8-18(17)11-12-20(24)23-15-13-22(14-16-23,21(25)26)19-9-3-2-4-10-19/h2-10H,11-16H2,1H3,(H,25,26). The van der Waals surface area contributed by atoms with Gasteiger partial charge in [0.2, 0.25) is 5.91 Å². The van der Waals surface area contributed by atoms with Gasteiger partial charge in [-0.25, -0.2) is 0 Å². The predicted molar refractivity (Wildman–Crippen MR) is 101 cm³/mol. The average molecular weight is 351 g/mol. The maximum atomic E-state index is 12.6. The fraction of sp³-hybridized carbons (Fsp3) is 0.364. The van der Waals surface area contributed by atoms with Gasteiger partial charge in [-0.1, -0.05) is 54.6 Å². The summed E-state index contributed by atoms with van der Waals surface area (Å²) in [7, 11) is 0. The number of hydrogen-bond acceptors (Lipinski definition) is 2. The number of aryl methyl sites for hydroxylation is 2. The molecule has 1 aliphatic heterocycles. The highest BCUT2D eigenvalue weighted by atomic mass is 16.4. The van der Waals surface area contributed by atoms with Gasteiger partial charge < -0.3 is 10.0 Å². The topological polar surface area (TPSA) is 57.6 Å². The highest BCUT2D eigenvalue weighted by Gasteiger charge is 2.43. The summed E-state index contributed by atoms with van der Waals surface area (Å²) in [4.78, 5) is 26.4. The lowest BCUT2D eigenvalue weighted by Crippen LogP contribution is -2.49. The van der Waals surface area contributed by atoms with E-state index in [1.807, 2.05) is 47.4 Å². The Morgan fingerprint density at radius 1 is 1.00 bits per heavy atom. The first-order chi connectivity index (χ1) is 12.5. The molecule has 1 heterocycles. The Balaban J connectivity index is 1.63. The van der Waals surface area contributed by atoms with E-state index in [1.54, 1.807) is 0 Å². The van der Waals surface area contributed by atoms with Crippen LogP contribution in [0.25, 0.3) is 0 Å². The van der Waals surface area contributed by atoms with Gasteiger partial charge in [-0.2, -0.15) is 0 Å². The molecule has 0 atom stereocenters. The number of piperidine rings is 1. The Hall–Kier alpha value is -2.62. The van der Waals surface area contributed by atoms with E-state index in [2.05, 4.69) is 19.1 Å². The third-order valence-electron chi connectivity index (χ3n) is 5.57. The van der Waals surface area contributed by atoms with Crippen LogP contribution in [-0.2, 0) is 21.4 Å². The molecule has 0 bridgehead atoms. The minimum Gasteiger partial charge on any atom is -0.481 e. The molecule has 2 aromatic rings. The monoisotopic (exact) mass is 351 g/mol. The number of carbonyl (C=O) groups excluding carboxylic acids is 1. The van der Waals surface area contributed by atoms with Gasteiger partial charge in [0.25, 0.3) is 0 Å². The molecule has 26 heavy (non-hydrogen) atoms. The summed E-state index contributed by atoms with van der Waals surface area (Å²) in [6, 6.07) is 17.5. The number of carbonyl (C=O) groups is 2. The molecule has 1 aliphatic rings. The van der Waals surface area contributed by atoms with Crippen molar-refractivity contribution in [3.05, 3.63) is 71.3 Å². The minimum absolute atomic E-state index is 0.111. The second-order valence-electron chi connectivity index (χ2n) is 7.06. The Kier molecular flexibility index (Phi) is 5.40. The number of benzene rings is 2. The summed E-state index contributed by atoms with van der Waals surface area (Å²) in [5.74, 6) is -0.684. The molecule has 0 unspecified atom stereocenters. The van der Waals surface area contributed by atoms with Crippen LogP contribution in [0.15, 0.2) is 54.6 Å². The van der Waals surface area contributed by atoms with E-state index in [9.17, 15) is 14.7 Å². The fourth-order valence-corrected chi connectivity index (χ4v) is 3.81. The fourth-order valence-electron chi connectivity index (χ4n) is 3.81. The summed E-state index contributed by atoms with van der Waals surface area (Å²) in [5.41, 5.74) is 2.35. The molecule has 136 valence electrons. The molecule has 0 aromatic heterocycles. The van der Waals surface area contributed by atoms with Crippen molar-refractivity contribution < 1.29 is 14.7 Å². The van der Waals surface area contributed by atoms with E-state index < -0.39 is 11.4 Å². The van der Waals surface area contributed by atoms with Gasteiger partial charge in [0.1, 0.15) is 0 Å². The summed E-state index contributed by atoms with van der Waals surface area (Å²) in [6.07, 6.45) is 2.12. The van der Waals surface area contributed by atoms with Gasteiger partial charge >= 0.3 is 5.97 Å². The van der Waals surface area contributed by atoms with Crippen LogP contribution in [0.1, 0.15) is 36.0 Å². The third-order valence-corrected chi connectivity index (χ3v) is 5.57. The van der Waals surface area contributed by atoms with Crippen molar-refractivity contribution in [2.24, 2.45) is 0 Å². The van der Waals surface area contributed by atoms with Crippen molar-refractivity contribution in [1.29, 1.82) is 0 Å². The molecule has 1 saturated heterocycles. The van der Waals surface area contributed by atoms with Crippen molar-refractivity contribution in [1.82, 2.24) is 4.90 Å². The van der Waals surface area contributed by atoms with Crippen LogP contribution < -0.4 is 0 Å². The highest BCUT2D eigenvalue weighted by molar-refractivity contribution is 5.82. The molecular weight excluding hydrogens is 326 g/mol. The van der Waals surface area contributed by atoms with Crippen molar-refractivity contribution in [3.8, 4) is 0 Å². The van der Waals surface area contributed by atoms with Crippen LogP contribution >= 0.6 is 0 Å². The lowest BCUT2D eigenvalue weighted by Gasteiger charge is -2.39. The third kappa shape index (κ3) is 3.64. The number of hydrogen-bond donors (Lipinski definition) is 1. The maximum absolute atomic E-state index is 12.6. The number of likely N-dealkylation sites (tertiary alicyclic amines) is 1. The smallest absolute Gasteiger partial charge is 0.314 e. The number of amides is 1. The second kappa shape index (κ2) is 7.73. The van der Waals surface area contributed by atoms with Crippen LogP contribution in [-0.4, -0.2) is 35.0 Å². The summed E-state index contributed by atoms with van der Waals surface area (Å²) >= 11 is 0. The molecule has 1 amide bonds. The predicted octanol–water partition coefficient (Wildman–Crippen LogP) is 3.57. The van der Waals surface area contributed by atoms with Gasteiger partial charge in [-0.3, -0.25) is 9.59 Å². The van der Waals surface area contributed by atoms with Crippen molar-refractivity contribution in [3.63, 3.8) is 0 Å². The van der Waals surface area contributed by atoms with Gasteiger partial charge in [0, 0.05) is 19.5 Å². The Labute approximate surface area is 154 Å². The van der Waals surface area contributed by atoms with E-state index in [1.165, 1.54) is 11.1 Å². The number of carboxylic acid groups (broad SMARTS) is 1. The number of aliphatic carboxylic acids is 1. The largest absolute Gasteiger partial charge is 0.481 e. The van der Waals surface area contributed by atoms with Gasteiger partial charge in [0.15, 0.2) is 0 Å². The van der Waals surface area contributed by atoms with Gasteiger partial charge in [0.05, 0.1) is 5.41 Å². The van der Waals surface area contributed by atoms with Crippen molar-refractivity contribution >= 4 is 11.9 Å². The minimum atomic E-state index is -0.881. The van der Waals surface area contributed by atoms with E-state index in [-0.39, 0.29) is 5.91 Å². The molecule has 0 saturated carbocycles. The summed E-state index contributed by atoms with van der Waals surface area (Å²) in [5, 5.41) is 9.85. The van der Waals surface area contributed by atoms with E-state index in [0.29, 0.717) is 32.4 Å². The summed E-state index contributed by atoms with van der Waals surface area (Å²) < 4.78 is 0. The first-order valence-corrected chi connectivity index (χ1v) is 9.14. The Morgan fingerprint density at radius 3 is 2.23 bits per heavy atom. The average Bonchev–Trinajstić information content (AvgIpc) is 2.67. The molecule has 0 aliphatic carbocycles. The van der Waals surface area contributed by atoms with E-state index >= 15 is 0 Å². The first kappa shape index (κ1) is 18.2. The maximum Gasteiger partial charge on any atom is 0.314 e. The molecule has 1 fully saturated rings. The summed E-state index contributed by atoms with van der Waals surface area (Å²) in [6.45, 7) is 3.05. The second-order valence-corrected chi connectivity index (χ2v) is 7.06. The van der Waals surface area contributed by atoms with Crippen LogP contribution in [0, 0.1) is 6.92 Å². The van der Waals surface area contributed by atoms with E-state index in [4.69, 9.17) is 0 Å². The van der Waals surface area contributed by atoms with Crippen molar-refractivity contribution in [2.45, 2.75) is 38.0 Å². The molecule has 3 rings (SSSR count). The highest BCUT2D eigenvalue weighted by Crippen LogP contribution is 2.36. The Morgan fingerprint density at radius 2 is 1.62 bits per heavy atom. The van der Waals surface area contributed by atoms with Crippen LogP contribution in [0.2, 0.25) is 0 Å². The molecule has 0 spiro atoms. The zero-order valence-electron chi connectivity index (χ0n) is 15.1. The van der Waals surface area contributed by atoms with Gasteiger partial charge in [-0.15, -0.1) is 0 Å². The van der Waals surface area contributed by atoms with E-state index in [0.717, 1.165) is 12.0 Å². The van der Waals surface area contributed by atoms with Crippen LogP contribution in [0.4, 0.5) is 0 Å². The first-order valence-electron chi connectivity index (χ1n) is 9.14. The molecule has 0 radical (unpaired) electrons. The quantitative estimate of drug-likeness (QED) is 0.896. The zero-order chi connectivity index (χ0) is 18.6. The Bertz CT molecular complexity index is 777. The lowest BCUT2D eigenvalue weighted by molar-refractivity contribution is -0.148. The molecule has 4 nitrogen and oxygen atoms in total. The van der Waals surface area contributed by atoms with Crippen LogP contribution in [0.3, 0.4) is 0 Å². The molecule has 2 aromatic carbocycles. The number of carboxylic acids is 1. The molecule has 1 N–H and O–H groups in total. The van der Waals surface area contributed by atoms with Crippen LogP contribution in [0.5, 0.6) is 0 Å². The molecular formula is C22H25NO3. The zero-order valence-corrected chi connectivity index (χ0v) is 15.1. The lowest BCUT2D eigenvalue weighted by atomic mass is 9.73. The SMILES string of the molecule is Cc1ccccc1CCC(=O)N1CCC(C(=O)O)(c2ccccc2)CC1. The van der Waals surface area contributed by atoms with Gasteiger partial charge in [-0.05, 0) is 42.9 Å². The normalized spacial score (nSPS) is 16.3. The molecule has 4 heteroatoms. The number of rotatable bonds is 5. The van der Waals surface area contributed by atoms with Crippen molar-refractivity contribution in [2.75, 3.05) is 13.1 Å². The number of nitrogens with zero attached hydrogens (tertiary/aromatic N) is 1.